The summed E-state index contributed by atoms with van der Waals surface area (Å²) in [6.45, 7) is -0.517. The van der Waals surface area contributed by atoms with Crippen molar-refractivity contribution in [1.29, 1.82) is 0 Å². The number of benzene rings is 9. The van der Waals surface area contributed by atoms with Crippen molar-refractivity contribution in [2.24, 2.45) is 0 Å². The monoisotopic (exact) mass is 792 g/mol. The van der Waals surface area contributed by atoms with Crippen LogP contribution in [0, 0.1) is 0 Å². The van der Waals surface area contributed by atoms with Gasteiger partial charge in [0.25, 0.3) is 0 Å². The Morgan fingerprint density at radius 1 is 0.419 bits per heavy atom. The molecule has 0 atom stereocenters. The summed E-state index contributed by atoms with van der Waals surface area (Å²) < 4.78 is 13.4. The fourth-order valence-electron chi connectivity index (χ4n) is 10.9. The molecule has 0 saturated carbocycles. The van der Waals surface area contributed by atoms with Gasteiger partial charge in [0.2, 0.25) is 18.9 Å². The number of fused-ring (bicyclic) bond motifs is 10. The number of amides is 2. The maximum absolute atomic E-state index is 16.3. The lowest BCUT2D eigenvalue weighted by Gasteiger charge is -2.46. The summed E-state index contributed by atoms with van der Waals surface area (Å²) >= 11 is 0. The van der Waals surface area contributed by atoms with Gasteiger partial charge in [-0.25, -0.2) is 4.79 Å². The summed E-state index contributed by atoms with van der Waals surface area (Å²) in [6, 6.07) is 61.8. The summed E-state index contributed by atoms with van der Waals surface area (Å²) in [5.74, 6) is 0. The zero-order valence-electron chi connectivity index (χ0n) is 33.0. The molecule has 5 heterocycles. The first-order valence-electron chi connectivity index (χ1n) is 21.0. The molecule has 3 aliphatic heterocycles. The van der Waals surface area contributed by atoms with E-state index in [1.165, 1.54) is 0 Å². The summed E-state index contributed by atoms with van der Waals surface area (Å²) in [5.41, 5.74) is 13.7. The average molecular weight is 792 g/mol. The Morgan fingerprint density at radius 2 is 1.05 bits per heavy atom. The summed E-state index contributed by atoms with van der Waals surface area (Å²) in [6.07, 6.45) is 0. The van der Waals surface area contributed by atoms with Gasteiger partial charge in [0.15, 0.2) is 5.58 Å². The molecule has 11 aromatic rings. The van der Waals surface area contributed by atoms with Crippen LogP contribution in [-0.2, 0) is 0 Å². The quantitative estimate of drug-likeness (QED) is 0.133. The number of hydrogen-bond donors (Lipinski definition) is 0. The zero-order chi connectivity index (χ0) is 40.8. The first-order valence-corrected chi connectivity index (χ1v) is 21.0. The Hall–Kier alpha value is -8.09. The SMILES string of the molecule is O=C1N2c3cc4oc5ccccc5c(=O)c4cc3B(c3ccccc3)c3ccc4ccc5c(c4c32)N1c1c(ccc2c1oc1ccccc12)B5c1ccccc1-c1ccccc1. The Labute approximate surface area is 355 Å². The van der Waals surface area contributed by atoms with Gasteiger partial charge in [-0.1, -0.05) is 163 Å². The van der Waals surface area contributed by atoms with Crippen LogP contribution in [0.25, 0.3) is 65.8 Å². The van der Waals surface area contributed by atoms with E-state index >= 15 is 4.79 Å². The highest BCUT2D eigenvalue weighted by atomic mass is 16.3. The maximum atomic E-state index is 16.3. The smallest absolute Gasteiger partial charge is 0.338 e. The lowest BCUT2D eigenvalue weighted by molar-refractivity contribution is 0.255. The fourth-order valence-corrected chi connectivity index (χ4v) is 10.9. The molecule has 0 spiro atoms. The van der Waals surface area contributed by atoms with Crippen LogP contribution in [0.3, 0.4) is 0 Å². The molecule has 286 valence electrons. The normalized spacial score (nSPS) is 13.8. The largest absolute Gasteiger partial charge is 0.456 e. The topological polar surface area (TPSA) is 66.9 Å². The molecule has 62 heavy (non-hydrogen) atoms. The lowest BCUT2D eigenvalue weighted by Crippen LogP contribution is -2.64. The predicted octanol–water partition coefficient (Wildman–Crippen LogP) is 8.73. The van der Waals surface area contributed by atoms with Gasteiger partial charge in [-0.3, -0.25) is 14.6 Å². The minimum absolute atomic E-state index is 0.100. The minimum Gasteiger partial charge on any atom is -0.456 e. The molecule has 2 amide bonds. The molecule has 8 heteroatoms. The van der Waals surface area contributed by atoms with E-state index in [-0.39, 0.29) is 24.9 Å². The van der Waals surface area contributed by atoms with Crippen molar-refractivity contribution in [1.82, 2.24) is 0 Å². The number of rotatable bonds is 3. The van der Waals surface area contributed by atoms with E-state index < -0.39 is 0 Å². The molecule has 0 unspecified atom stereocenters. The van der Waals surface area contributed by atoms with E-state index in [0.29, 0.717) is 33.2 Å². The van der Waals surface area contributed by atoms with Crippen molar-refractivity contribution < 1.29 is 13.6 Å². The summed E-state index contributed by atoms with van der Waals surface area (Å²) in [5, 5.41) is 4.95. The molecule has 9 aromatic carbocycles. The molecular weight excluding hydrogens is 762 g/mol. The summed E-state index contributed by atoms with van der Waals surface area (Å²) in [4.78, 5) is 34.3. The number of furan rings is 1. The second-order valence-electron chi connectivity index (χ2n) is 16.6. The van der Waals surface area contributed by atoms with Crippen molar-refractivity contribution >= 4 is 130 Å². The Kier molecular flexibility index (Phi) is 6.66. The average Bonchev–Trinajstić information content (AvgIpc) is 3.71. The third-order valence-electron chi connectivity index (χ3n) is 13.5. The maximum Gasteiger partial charge on any atom is 0.338 e. The molecule has 6 nitrogen and oxygen atoms in total. The third-order valence-corrected chi connectivity index (χ3v) is 13.5. The molecular formula is C54H30B2N2O4. The Morgan fingerprint density at radius 3 is 1.85 bits per heavy atom. The van der Waals surface area contributed by atoms with Crippen LogP contribution < -0.4 is 48.0 Å². The molecule has 2 aromatic heterocycles. The molecule has 3 aliphatic rings. The van der Waals surface area contributed by atoms with Crippen LogP contribution in [0.1, 0.15) is 0 Å². The molecule has 0 bridgehead atoms. The Bertz CT molecular complexity index is 3840. The number of urea groups is 1. The number of para-hydroxylation sites is 2. The van der Waals surface area contributed by atoms with Crippen molar-refractivity contribution in [2.75, 3.05) is 9.80 Å². The highest BCUT2D eigenvalue weighted by Gasteiger charge is 2.49. The standard InChI is InChI=1S/C54H30B2N2O4/c59-52-37-19-9-12-22-46(37)61-47-30-44-43(29-38(47)52)55(33-15-5-2-6-16-33)40-26-23-32-24-27-41-50-48(32)49(40)57(44)54(60)58(50)51-42(28-25-36-35-18-8-11-21-45(35)62-53(36)51)56(41)39-20-10-7-17-34(39)31-13-3-1-4-14-31/h1-30H. The van der Waals surface area contributed by atoms with Crippen molar-refractivity contribution in [3.05, 3.63) is 192 Å². The molecule has 0 N–H and O–H groups in total. The van der Waals surface area contributed by atoms with Crippen LogP contribution in [-0.4, -0.2) is 19.5 Å². The van der Waals surface area contributed by atoms with E-state index in [1.54, 1.807) is 0 Å². The van der Waals surface area contributed by atoms with E-state index in [9.17, 15) is 4.79 Å². The number of carbonyl (C=O) groups excluding carboxylic acids is 1. The van der Waals surface area contributed by atoms with Crippen molar-refractivity contribution in [3.8, 4) is 11.1 Å². The number of anilines is 4. The first kappa shape index (κ1) is 33.7. The molecule has 0 radical (unpaired) electrons. The number of carbonyl (C=O) groups is 1. The predicted molar refractivity (Wildman–Crippen MR) is 255 cm³/mol. The van der Waals surface area contributed by atoms with Gasteiger partial charge >= 0.3 is 6.03 Å². The van der Waals surface area contributed by atoms with Gasteiger partial charge in [0, 0.05) is 27.9 Å². The Balaban J connectivity index is 1.14. The van der Waals surface area contributed by atoms with E-state index in [2.05, 4.69) is 115 Å². The zero-order valence-corrected chi connectivity index (χ0v) is 33.0. The summed E-state index contributed by atoms with van der Waals surface area (Å²) in [7, 11) is 0. The van der Waals surface area contributed by atoms with E-state index in [1.807, 2.05) is 76.5 Å². The van der Waals surface area contributed by atoms with E-state index in [4.69, 9.17) is 8.83 Å². The molecule has 0 fully saturated rings. The highest BCUT2D eigenvalue weighted by molar-refractivity contribution is 7.00. The van der Waals surface area contributed by atoms with Crippen molar-refractivity contribution in [3.63, 3.8) is 0 Å². The van der Waals surface area contributed by atoms with Gasteiger partial charge in [-0.2, -0.15) is 0 Å². The van der Waals surface area contributed by atoms with Crippen LogP contribution in [0.4, 0.5) is 27.5 Å². The lowest BCUT2D eigenvalue weighted by atomic mass is 9.33. The van der Waals surface area contributed by atoms with Gasteiger partial charge < -0.3 is 8.83 Å². The first-order chi connectivity index (χ1) is 30.6. The van der Waals surface area contributed by atoms with Crippen LogP contribution in [0.5, 0.6) is 0 Å². The van der Waals surface area contributed by atoms with Gasteiger partial charge in [-0.15, -0.1) is 0 Å². The molecule has 0 aliphatic carbocycles. The molecule has 14 rings (SSSR count). The third kappa shape index (κ3) is 4.35. The van der Waals surface area contributed by atoms with Crippen LogP contribution in [0.15, 0.2) is 196 Å². The second kappa shape index (κ2) is 12.2. The fraction of sp³-hybridized carbons (Fsp3) is 0. The van der Waals surface area contributed by atoms with Gasteiger partial charge in [-0.05, 0) is 62.6 Å². The highest BCUT2D eigenvalue weighted by Crippen LogP contribution is 2.50. The van der Waals surface area contributed by atoms with Gasteiger partial charge in [0.05, 0.1) is 27.8 Å². The number of hydrogen-bond acceptors (Lipinski definition) is 4. The van der Waals surface area contributed by atoms with E-state index in [0.717, 1.165) is 88.1 Å². The number of nitrogens with zero attached hydrogens (tertiary/aromatic N) is 2. The van der Waals surface area contributed by atoms with Crippen molar-refractivity contribution in [2.45, 2.75) is 0 Å². The van der Waals surface area contributed by atoms with Crippen LogP contribution in [0.2, 0.25) is 0 Å². The minimum atomic E-state index is -0.278. The second-order valence-corrected chi connectivity index (χ2v) is 16.6. The van der Waals surface area contributed by atoms with Crippen LogP contribution >= 0.6 is 0 Å². The molecule has 0 saturated heterocycles. The van der Waals surface area contributed by atoms with Gasteiger partial charge in [0.1, 0.15) is 16.7 Å².